The molecule has 2 aliphatic rings. The number of fused-ring (bicyclic) bond motifs is 1. The number of nitrogens with zero attached hydrogens (tertiary/aromatic N) is 1. The molecule has 0 spiro atoms. The molecule has 0 unspecified atom stereocenters. The zero-order valence-corrected chi connectivity index (χ0v) is 8.12. The van der Waals surface area contributed by atoms with E-state index in [2.05, 4.69) is 11.9 Å². The van der Waals surface area contributed by atoms with E-state index in [1.165, 1.54) is 32.4 Å². The van der Waals surface area contributed by atoms with Crippen LogP contribution in [-0.4, -0.2) is 38.3 Å². The average molecular weight is 169 g/mol. The summed E-state index contributed by atoms with van der Waals surface area (Å²) in [7, 11) is 4.09. The van der Waals surface area contributed by atoms with Gasteiger partial charge in [0.1, 0.15) is 0 Å². The Hall–Kier alpha value is -0.0800. The lowest BCUT2D eigenvalue weighted by Gasteiger charge is -2.29. The van der Waals surface area contributed by atoms with Gasteiger partial charge in [0, 0.05) is 20.2 Å². The highest BCUT2D eigenvalue weighted by molar-refractivity contribution is 4.88. The van der Waals surface area contributed by atoms with Crippen molar-refractivity contribution in [3.63, 3.8) is 0 Å². The second-order valence-corrected chi connectivity index (χ2v) is 4.41. The van der Waals surface area contributed by atoms with Gasteiger partial charge in [-0.15, -0.1) is 0 Å². The molecule has 12 heavy (non-hydrogen) atoms. The van der Waals surface area contributed by atoms with Gasteiger partial charge in [-0.1, -0.05) is 0 Å². The largest absolute Gasteiger partial charge is 0.381 e. The van der Waals surface area contributed by atoms with Gasteiger partial charge in [-0.2, -0.15) is 0 Å². The third kappa shape index (κ3) is 1.50. The van der Waals surface area contributed by atoms with Gasteiger partial charge in [0.2, 0.25) is 0 Å². The second-order valence-electron chi connectivity index (χ2n) is 4.41. The molecule has 0 amide bonds. The molecular formula is C10H19NO. The highest BCUT2D eigenvalue weighted by Gasteiger charge is 2.36. The van der Waals surface area contributed by atoms with Crippen molar-refractivity contribution in [2.75, 3.05) is 27.2 Å². The summed E-state index contributed by atoms with van der Waals surface area (Å²) in [4.78, 5) is 2.47. The Morgan fingerprint density at radius 2 is 1.92 bits per heavy atom. The lowest BCUT2D eigenvalue weighted by Crippen LogP contribution is -2.27. The van der Waals surface area contributed by atoms with Crippen molar-refractivity contribution >= 4 is 0 Å². The maximum Gasteiger partial charge on any atom is 0.0574 e. The van der Waals surface area contributed by atoms with Crippen molar-refractivity contribution in [2.45, 2.75) is 25.4 Å². The van der Waals surface area contributed by atoms with E-state index in [0.717, 1.165) is 11.8 Å². The van der Waals surface area contributed by atoms with Crippen molar-refractivity contribution in [1.82, 2.24) is 4.90 Å². The molecule has 2 heteroatoms. The van der Waals surface area contributed by atoms with Gasteiger partial charge in [-0.3, -0.25) is 0 Å². The Morgan fingerprint density at radius 3 is 2.67 bits per heavy atom. The van der Waals surface area contributed by atoms with Gasteiger partial charge in [-0.05, 0) is 38.1 Å². The average Bonchev–Trinajstić information content (AvgIpc) is 2.43. The molecule has 1 heterocycles. The summed E-state index contributed by atoms with van der Waals surface area (Å²) < 4.78 is 5.42. The Kier molecular flexibility index (Phi) is 2.37. The number of ether oxygens (including phenoxy) is 1. The molecule has 1 saturated carbocycles. The Bertz CT molecular complexity index is 160. The monoisotopic (exact) mass is 169 g/mol. The predicted molar refractivity (Wildman–Crippen MR) is 49.1 cm³/mol. The molecule has 2 fully saturated rings. The lowest BCUT2D eigenvalue weighted by molar-refractivity contribution is 0.0409. The minimum absolute atomic E-state index is 0.553. The molecule has 1 saturated heterocycles. The minimum Gasteiger partial charge on any atom is -0.381 e. The summed E-state index contributed by atoms with van der Waals surface area (Å²) in [5.41, 5.74) is 0. The molecular weight excluding hydrogens is 150 g/mol. The zero-order chi connectivity index (χ0) is 8.55. The molecule has 3 atom stereocenters. The highest BCUT2D eigenvalue weighted by Crippen LogP contribution is 2.36. The standard InChI is InChI=1S/C10H19NO/c1-11-6-8-3-4-10(12-2)5-9(8)7-11/h8-10H,3-7H2,1-2H3/t8-,9+,10+/m1/s1. The first-order chi connectivity index (χ1) is 5.79. The summed E-state index contributed by atoms with van der Waals surface area (Å²) in [6.45, 7) is 2.62. The van der Waals surface area contributed by atoms with Gasteiger partial charge >= 0.3 is 0 Å². The van der Waals surface area contributed by atoms with Crippen LogP contribution >= 0.6 is 0 Å². The second kappa shape index (κ2) is 3.35. The molecule has 0 aromatic carbocycles. The van der Waals surface area contributed by atoms with Crippen molar-refractivity contribution in [3.8, 4) is 0 Å². The number of likely N-dealkylation sites (tertiary alicyclic amines) is 1. The van der Waals surface area contributed by atoms with Crippen LogP contribution in [0.3, 0.4) is 0 Å². The van der Waals surface area contributed by atoms with Crippen LogP contribution in [0.2, 0.25) is 0 Å². The van der Waals surface area contributed by atoms with Gasteiger partial charge in [0.25, 0.3) is 0 Å². The van der Waals surface area contributed by atoms with E-state index < -0.39 is 0 Å². The van der Waals surface area contributed by atoms with E-state index in [-0.39, 0.29) is 0 Å². The zero-order valence-electron chi connectivity index (χ0n) is 8.12. The molecule has 0 aromatic rings. The molecule has 2 nitrogen and oxygen atoms in total. The van der Waals surface area contributed by atoms with Gasteiger partial charge in [-0.25, -0.2) is 0 Å². The molecule has 0 aromatic heterocycles. The Morgan fingerprint density at radius 1 is 1.17 bits per heavy atom. The molecule has 0 radical (unpaired) electrons. The van der Waals surface area contributed by atoms with Crippen LogP contribution in [0.1, 0.15) is 19.3 Å². The van der Waals surface area contributed by atoms with Crippen molar-refractivity contribution in [1.29, 1.82) is 0 Å². The van der Waals surface area contributed by atoms with Crippen molar-refractivity contribution in [3.05, 3.63) is 0 Å². The van der Waals surface area contributed by atoms with Gasteiger partial charge in [0.05, 0.1) is 6.10 Å². The number of hydrogen-bond donors (Lipinski definition) is 0. The molecule has 70 valence electrons. The molecule has 0 N–H and O–H groups in total. The topological polar surface area (TPSA) is 12.5 Å². The van der Waals surface area contributed by atoms with Crippen molar-refractivity contribution in [2.24, 2.45) is 11.8 Å². The minimum atomic E-state index is 0.553. The molecule has 2 rings (SSSR count). The summed E-state index contributed by atoms with van der Waals surface area (Å²) in [6.07, 6.45) is 4.52. The van der Waals surface area contributed by atoms with Crippen molar-refractivity contribution < 1.29 is 4.74 Å². The van der Waals surface area contributed by atoms with Crippen LogP contribution < -0.4 is 0 Å². The van der Waals surface area contributed by atoms with E-state index in [9.17, 15) is 0 Å². The van der Waals surface area contributed by atoms with Crippen LogP contribution in [0.5, 0.6) is 0 Å². The van der Waals surface area contributed by atoms with Gasteiger partial charge < -0.3 is 9.64 Å². The van der Waals surface area contributed by atoms with E-state index in [1.54, 1.807) is 0 Å². The maximum atomic E-state index is 5.42. The fourth-order valence-electron chi connectivity index (χ4n) is 2.84. The summed E-state index contributed by atoms with van der Waals surface area (Å²) in [5.74, 6) is 1.90. The third-order valence-corrected chi connectivity index (χ3v) is 3.52. The Balaban J connectivity index is 1.93. The molecule has 1 aliphatic heterocycles. The Labute approximate surface area is 74.9 Å². The first-order valence-corrected chi connectivity index (χ1v) is 5.01. The number of methoxy groups -OCH3 is 1. The summed E-state index contributed by atoms with van der Waals surface area (Å²) in [5, 5.41) is 0. The SMILES string of the molecule is CO[C@H]1CC[C@@H]2CN(C)C[C@@H]2C1. The van der Waals surface area contributed by atoms with Crippen LogP contribution in [-0.2, 0) is 4.74 Å². The maximum absolute atomic E-state index is 5.42. The van der Waals surface area contributed by atoms with E-state index in [4.69, 9.17) is 4.74 Å². The highest BCUT2D eigenvalue weighted by atomic mass is 16.5. The smallest absolute Gasteiger partial charge is 0.0574 e. The first-order valence-electron chi connectivity index (χ1n) is 5.01. The normalized spacial score (nSPS) is 43.0. The number of hydrogen-bond acceptors (Lipinski definition) is 2. The van der Waals surface area contributed by atoms with E-state index >= 15 is 0 Å². The molecule has 0 bridgehead atoms. The van der Waals surface area contributed by atoms with Gasteiger partial charge in [0.15, 0.2) is 0 Å². The fourth-order valence-corrected chi connectivity index (χ4v) is 2.84. The van der Waals surface area contributed by atoms with Crippen LogP contribution in [0.4, 0.5) is 0 Å². The summed E-state index contributed by atoms with van der Waals surface area (Å²) >= 11 is 0. The molecule has 1 aliphatic carbocycles. The quantitative estimate of drug-likeness (QED) is 0.587. The van der Waals surface area contributed by atoms with Crippen LogP contribution in [0.15, 0.2) is 0 Å². The van der Waals surface area contributed by atoms with Crippen LogP contribution in [0.25, 0.3) is 0 Å². The predicted octanol–water partition coefficient (Wildman–Crippen LogP) is 1.36. The van der Waals surface area contributed by atoms with E-state index in [1.807, 2.05) is 7.11 Å². The first kappa shape index (κ1) is 8.52. The third-order valence-electron chi connectivity index (χ3n) is 3.52. The fraction of sp³-hybridized carbons (Fsp3) is 1.00. The lowest BCUT2D eigenvalue weighted by atomic mass is 9.80. The van der Waals surface area contributed by atoms with E-state index in [0.29, 0.717) is 6.10 Å². The number of rotatable bonds is 1. The van der Waals surface area contributed by atoms with Crippen LogP contribution in [0, 0.1) is 11.8 Å². The summed E-state index contributed by atoms with van der Waals surface area (Å²) in [6, 6.07) is 0.